The number of halogens is 1. The quantitative estimate of drug-likeness (QED) is 0.655. The van der Waals surface area contributed by atoms with Gasteiger partial charge >= 0.3 is 0 Å². The van der Waals surface area contributed by atoms with Gasteiger partial charge in [-0.2, -0.15) is 0 Å². The minimum Gasteiger partial charge on any atom is -0.292 e. The van der Waals surface area contributed by atoms with Gasteiger partial charge in [-0.05, 0) is 12.8 Å². The minimum atomic E-state index is 0.0965. The summed E-state index contributed by atoms with van der Waals surface area (Å²) in [5.74, 6) is 0.291. The number of nitrogens with zero attached hydrogens (tertiary/aromatic N) is 2. The molecule has 0 saturated heterocycles. The van der Waals surface area contributed by atoms with Crippen LogP contribution in [0.15, 0.2) is 12.4 Å². The van der Waals surface area contributed by atoms with E-state index < -0.39 is 0 Å². The topological polar surface area (TPSA) is 42.9 Å². The smallest absolute Gasteiger partial charge is 0.185 e. The molecule has 4 heteroatoms. The third kappa shape index (κ3) is 1.46. The number of rotatable bonds is 2. The summed E-state index contributed by atoms with van der Waals surface area (Å²) in [5.41, 5.74) is 0.432. The van der Waals surface area contributed by atoms with Crippen molar-refractivity contribution in [2.45, 2.75) is 12.8 Å². The lowest BCUT2D eigenvalue weighted by molar-refractivity contribution is 0.0962. The normalized spacial score (nSPS) is 16.1. The molecule has 1 fully saturated rings. The predicted octanol–water partition coefficient (Wildman–Crippen LogP) is 1.72. The summed E-state index contributed by atoms with van der Waals surface area (Å²) in [7, 11) is 0. The molecule has 0 atom stereocenters. The maximum Gasteiger partial charge on any atom is 0.185 e. The fraction of sp³-hybridized carbons (Fsp3) is 0.375. The molecule has 12 heavy (non-hydrogen) atoms. The van der Waals surface area contributed by atoms with E-state index in [0.717, 1.165) is 12.8 Å². The summed E-state index contributed by atoms with van der Waals surface area (Å²) < 4.78 is 0. The molecule has 0 bridgehead atoms. The summed E-state index contributed by atoms with van der Waals surface area (Å²) in [6.45, 7) is 0. The molecular formula is C8H7ClN2O. The second-order valence-corrected chi connectivity index (χ2v) is 3.25. The number of aromatic nitrogens is 2. The first-order valence-corrected chi connectivity index (χ1v) is 4.17. The van der Waals surface area contributed by atoms with Crippen LogP contribution in [0.4, 0.5) is 0 Å². The molecule has 0 unspecified atom stereocenters. The van der Waals surface area contributed by atoms with Crippen LogP contribution in [-0.2, 0) is 0 Å². The van der Waals surface area contributed by atoms with Crippen molar-refractivity contribution in [2.75, 3.05) is 0 Å². The molecule has 3 nitrogen and oxygen atoms in total. The Bertz CT molecular complexity index is 305. The molecule has 0 spiro atoms. The monoisotopic (exact) mass is 182 g/mol. The molecule has 1 heterocycles. The number of carbonyl (C=O) groups is 1. The van der Waals surface area contributed by atoms with Crippen molar-refractivity contribution in [2.24, 2.45) is 5.92 Å². The first-order chi connectivity index (χ1) is 5.77. The molecule has 0 N–H and O–H groups in total. The zero-order valence-corrected chi connectivity index (χ0v) is 7.08. The van der Waals surface area contributed by atoms with Gasteiger partial charge in [0.2, 0.25) is 0 Å². The number of carbonyl (C=O) groups excluding carboxylic acids is 1. The molecule has 0 radical (unpaired) electrons. The van der Waals surface area contributed by atoms with E-state index in [4.69, 9.17) is 11.6 Å². The van der Waals surface area contributed by atoms with Gasteiger partial charge in [0.1, 0.15) is 10.8 Å². The minimum absolute atomic E-state index is 0.0965. The second kappa shape index (κ2) is 2.83. The first-order valence-electron chi connectivity index (χ1n) is 3.79. The van der Waals surface area contributed by atoms with Gasteiger partial charge in [-0.15, -0.1) is 0 Å². The van der Waals surface area contributed by atoms with Gasteiger partial charge in [0.15, 0.2) is 5.78 Å². The van der Waals surface area contributed by atoms with Crippen molar-refractivity contribution in [3.8, 4) is 0 Å². The lowest BCUT2D eigenvalue weighted by Crippen LogP contribution is -2.04. The maximum absolute atomic E-state index is 11.4. The van der Waals surface area contributed by atoms with Gasteiger partial charge < -0.3 is 0 Å². The second-order valence-electron chi connectivity index (χ2n) is 2.86. The van der Waals surface area contributed by atoms with Gasteiger partial charge in [0.25, 0.3) is 0 Å². The molecule has 1 saturated carbocycles. The highest BCUT2D eigenvalue weighted by atomic mass is 35.5. The largest absolute Gasteiger partial charge is 0.292 e. The van der Waals surface area contributed by atoms with Gasteiger partial charge in [-0.3, -0.25) is 4.79 Å². The number of Topliss-reactive ketones (excluding diaryl/α,β-unsaturated/α-hetero) is 1. The van der Waals surface area contributed by atoms with Crippen LogP contribution in [0.25, 0.3) is 0 Å². The van der Waals surface area contributed by atoms with Crippen molar-refractivity contribution in [3.63, 3.8) is 0 Å². The Balaban J connectivity index is 2.22. The van der Waals surface area contributed by atoms with Crippen molar-refractivity contribution in [3.05, 3.63) is 23.2 Å². The van der Waals surface area contributed by atoms with Crippen LogP contribution in [0.1, 0.15) is 23.3 Å². The van der Waals surface area contributed by atoms with E-state index in [9.17, 15) is 4.79 Å². The van der Waals surface area contributed by atoms with E-state index in [1.807, 2.05) is 0 Å². The summed E-state index contributed by atoms with van der Waals surface area (Å²) in [5, 5.41) is 0.322. The molecule has 0 amide bonds. The number of hydrogen-bond donors (Lipinski definition) is 0. The molecule has 1 aliphatic rings. The van der Waals surface area contributed by atoms with Crippen LogP contribution < -0.4 is 0 Å². The summed E-state index contributed by atoms with van der Waals surface area (Å²) in [6.07, 6.45) is 4.81. The van der Waals surface area contributed by atoms with Crippen LogP contribution in [0, 0.1) is 5.92 Å². The van der Waals surface area contributed by atoms with Gasteiger partial charge in [0.05, 0.1) is 12.4 Å². The molecule has 0 aromatic carbocycles. The molecule has 2 rings (SSSR count). The van der Waals surface area contributed by atoms with E-state index in [0.29, 0.717) is 10.8 Å². The van der Waals surface area contributed by atoms with Gasteiger partial charge in [0, 0.05) is 5.92 Å². The van der Waals surface area contributed by atoms with E-state index >= 15 is 0 Å². The van der Waals surface area contributed by atoms with E-state index in [1.165, 1.54) is 12.4 Å². The zero-order chi connectivity index (χ0) is 8.55. The lowest BCUT2D eigenvalue weighted by Gasteiger charge is -1.95. The van der Waals surface area contributed by atoms with E-state index in [-0.39, 0.29) is 11.7 Å². The average Bonchev–Trinajstić information content (AvgIpc) is 2.87. The third-order valence-electron chi connectivity index (χ3n) is 1.82. The van der Waals surface area contributed by atoms with Crippen LogP contribution in [0.3, 0.4) is 0 Å². The average molecular weight is 183 g/mol. The van der Waals surface area contributed by atoms with Crippen molar-refractivity contribution >= 4 is 17.4 Å². The van der Waals surface area contributed by atoms with Crippen LogP contribution >= 0.6 is 11.6 Å². The SMILES string of the molecule is O=C(c1cnc(Cl)cn1)C1CC1. The Morgan fingerprint density at radius 1 is 1.42 bits per heavy atom. The molecule has 1 aliphatic carbocycles. The van der Waals surface area contributed by atoms with E-state index in [1.54, 1.807) is 0 Å². The standard InChI is InChI=1S/C8H7ClN2O/c9-7-4-10-6(3-11-7)8(12)5-1-2-5/h3-5H,1-2H2. The maximum atomic E-state index is 11.4. The Morgan fingerprint density at radius 3 is 2.67 bits per heavy atom. The lowest BCUT2D eigenvalue weighted by atomic mass is 10.2. The summed E-state index contributed by atoms with van der Waals surface area (Å²) in [4.78, 5) is 19.1. The van der Waals surface area contributed by atoms with E-state index in [2.05, 4.69) is 9.97 Å². The Labute approximate surface area is 74.8 Å². The Morgan fingerprint density at radius 2 is 2.17 bits per heavy atom. The van der Waals surface area contributed by atoms with Crippen LogP contribution in [0.5, 0.6) is 0 Å². The molecule has 0 aliphatic heterocycles. The Hall–Kier alpha value is -0.960. The fourth-order valence-corrected chi connectivity index (χ4v) is 1.09. The van der Waals surface area contributed by atoms with Crippen LogP contribution in [0.2, 0.25) is 5.15 Å². The van der Waals surface area contributed by atoms with Crippen molar-refractivity contribution in [1.29, 1.82) is 0 Å². The first kappa shape index (κ1) is 7.68. The van der Waals surface area contributed by atoms with Gasteiger partial charge in [-0.25, -0.2) is 9.97 Å². The summed E-state index contributed by atoms with van der Waals surface area (Å²) >= 11 is 5.53. The highest BCUT2D eigenvalue weighted by Crippen LogP contribution is 2.31. The molecule has 1 aromatic rings. The van der Waals surface area contributed by atoms with Crippen molar-refractivity contribution < 1.29 is 4.79 Å². The predicted molar refractivity (Wildman–Crippen MR) is 44.1 cm³/mol. The highest BCUT2D eigenvalue weighted by molar-refractivity contribution is 6.29. The van der Waals surface area contributed by atoms with Gasteiger partial charge in [-0.1, -0.05) is 11.6 Å². The van der Waals surface area contributed by atoms with Crippen molar-refractivity contribution in [1.82, 2.24) is 9.97 Å². The highest BCUT2D eigenvalue weighted by Gasteiger charge is 2.31. The number of ketones is 1. The number of hydrogen-bond acceptors (Lipinski definition) is 3. The summed E-state index contributed by atoms with van der Waals surface area (Å²) in [6, 6.07) is 0. The third-order valence-corrected chi connectivity index (χ3v) is 2.02. The fourth-order valence-electron chi connectivity index (χ4n) is 0.994. The molecule has 1 aromatic heterocycles. The Kier molecular flexibility index (Phi) is 1.81. The van der Waals surface area contributed by atoms with Crippen LogP contribution in [-0.4, -0.2) is 15.8 Å². The molecule has 62 valence electrons. The zero-order valence-electron chi connectivity index (χ0n) is 6.33. The molecular weight excluding hydrogens is 176 g/mol.